The first-order valence-corrected chi connectivity index (χ1v) is 9.23. The monoisotopic (exact) mass is 384 g/mol. The van der Waals surface area contributed by atoms with Crippen molar-refractivity contribution in [3.05, 3.63) is 52.2 Å². The van der Waals surface area contributed by atoms with E-state index in [1.807, 2.05) is 10.8 Å². The molecule has 1 fully saturated rings. The van der Waals surface area contributed by atoms with Crippen LogP contribution in [-0.4, -0.2) is 36.3 Å². The summed E-state index contributed by atoms with van der Waals surface area (Å²) in [5.74, 6) is -0.249. The van der Waals surface area contributed by atoms with Crippen LogP contribution < -0.4 is 10.1 Å². The van der Waals surface area contributed by atoms with Gasteiger partial charge in [-0.15, -0.1) is 13.2 Å². The van der Waals surface area contributed by atoms with Crippen LogP contribution in [0.4, 0.5) is 13.2 Å². The van der Waals surface area contributed by atoms with Crippen LogP contribution in [-0.2, 0) is 6.54 Å². The SMILES string of the molecule is O=C(NC1CCN(Cc2ccc(OC(F)(F)F)cc2)CC1)c1ccsc1. The van der Waals surface area contributed by atoms with E-state index < -0.39 is 6.36 Å². The molecule has 140 valence electrons. The molecule has 1 aromatic carbocycles. The number of amides is 1. The highest BCUT2D eigenvalue weighted by molar-refractivity contribution is 7.08. The van der Waals surface area contributed by atoms with E-state index in [1.54, 1.807) is 18.2 Å². The van der Waals surface area contributed by atoms with Gasteiger partial charge in [-0.25, -0.2) is 0 Å². The molecular formula is C18H19F3N2O2S. The molecule has 4 nitrogen and oxygen atoms in total. The summed E-state index contributed by atoms with van der Waals surface area (Å²) in [6.45, 7) is 2.32. The van der Waals surface area contributed by atoms with Gasteiger partial charge in [-0.1, -0.05) is 12.1 Å². The largest absolute Gasteiger partial charge is 0.573 e. The Morgan fingerprint density at radius 1 is 1.19 bits per heavy atom. The third-order valence-corrected chi connectivity index (χ3v) is 4.95. The molecule has 0 bridgehead atoms. The van der Waals surface area contributed by atoms with Crippen LogP contribution in [0.15, 0.2) is 41.1 Å². The van der Waals surface area contributed by atoms with Gasteiger partial charge in [-0.05, 0) is 42.0 Å². The van der Waals surface area contributed by atoms with Crippen molar-refractivity contribution in [1.29, 1.82) is 0 Å². The number of likely N-dealkylation sites (tertiary alicyclic amines) is 1. The molecule has 1 saturated heterocycles. The minimum atomic E-state index is -4.67. The van der Waals surface area contributed by atoms with E-state index in [2.05, 4.69) is 15.0 Å². The number of alkyl halides is 3. The molecule has 0 saturated carbocycles. The third kappa shape index (κ3) is 5.47. The van der Waals surface area contributed by atoms with E-state index in [9.17, 15) is 18.0 Å². The Labute approximate surface area is 153 Å². The summed E-state index contributed by atoms with van der Waals surface area (Å²) in [6, 6.07) is 7.91. The van der Waals surface area contributed by atoms with Gasteiger partial charge < -0.3 is 10.1 Å². The van der Waals surface area contributed by atoms with Crippen molar-refractivity contribution >= 4 is 17.2 Å². The summed E-state index contributed by atoms with van der Waals surface area (Å²) in [7, 11) is 0. The zero-order chi connectivity index (χ0) is 18.6. The van der Waals surface area contributed by atoms with Crippen LogP contribution in [0.5, 0.6) is 5.75 Å². The highest BCUT2D eigenvalue weighted by Crippen LogP contribution is 2.23. The smallest absolute Gasteiger partial charge is 0.406 e. The Morgan fingerprint density at radius 2 is 1.88 bits per heavy atom. The Balaban J connectivity index is 1.44. The fourth-order valence-corrected chi connectivity index (χ4v) is 3.59. The lowest BCUT2D eigenvalue weighted by Gasteiger charge is -2.32. The average Bonchev–Trinajstić information content (AvgIpc) is 3.12. The average molecular weight is 384 g/mol. The number of benzene rings is 1. The number of thiophene rings is 1. The number of rotatable bonds is 5. The normalized spacial score (nSPS) is 16.4. The van der Waals surface area contributed by atoms with Gasteiger partial charge in [-0.2, -0.15) is 11.3 Å². The van der Waals surface area contributed by atoms with Gasteiger partial charge in [0.25, 0.3) is 5.91 Å². The van der Waals surface area contributed by atoms with Crippen molar-refractivity contribution < 1.29 is 22.7 Å². The number of ether oxygens (including phenoxy) is 1. The molecule has 3 rings (SSSR count). The summed E-state index contributed by atoms with van der Waals surface area (Å²) < 4.78 is 40.4. The molecule has 0 radical (unpaired) electrons. The Kier molecular flexibility index (Phi) is 5.83. The van der Waals surface area contributed by atoms with E-state index >= 15 is 0 Å². The van der Waals surface area contributed by atoms with Crippen molar-refractivity contribution in [1.82, 2.24) is 10.2 Å². The molecule has 1 N–H and O–H groups in total. The molecule has 1 aliphatic heterocycles. The van der Waals surface area contributed by atoms with Gasteiger partial charge in [0, 0.05) is 36.6 Å². The van der Waals surface area contributed by atoms with Gasteiger partial charge in [-0.3, -0.25) is 9.69 Å². The second-order valence-electron chi connectivity index (χ2n) is 6.23. The first-order chi connectivity index (χ1) is 12.4. The van der Waals surface area contributed by atoms with Gasteiger partial charge in [0.2, 0.25) is 0 Å². The number of nitrogens with one attached hydrogen (secondary N) is 1. The lowest BCUT2D eigenvalue weighted by molar-refractivity contribution is -0.274. The Bertz CT molecular complexity index is 709. The van der Waals surface area contributed by atoms with E-state index in [0.717, 1.165) is 31.5 Å². The zero-order valence-electron chi connectivity index (χ0n) is 14.0. The minimum absolute atomic E-state index is 0.0371. The highest BCUT2D eigenvalue weighted by Gasteiger charge is 2.31. The van der Waals surface area contributed by atoms with Crippen molar-refractivity contribution in [2.24, 2.45) is 0 Å². The maximum atomic E-state index is 12.2. The molecule has 0 spiro atoms. The first-order valence-electron chi connectivity index (χ1n) is 8.29. The number of hydrogen-bond acceptors (Lipinski definition) is 4. The molecule has 1 aromatic heterocycles. The summed E-state index contributed by atoms with van der Waals surface area (Å²) in [5, 5.41) is 6.76. The lowest BCUT2D eigenvalue weighted by atomic mass is 10.0. The van der Waals surface area contributed by atoms with Crippen LogP contribution in [0.2, 0.25) is 0 Å². The molecule has 26 heavy (non-hydrogen) atoms. The lowest BCUT2D eigenvalue weighted by Crippen LogP contribution is -2.44. The van der Waals surface area contributed by atoms with Crippen LogP contribution in [0.3, 0.4) is 0 Å². The topological polar surface area (TPSA) is 41.6 Å². The molecule has 0 aliphatic carbocycles. The number of halogens is 3. The summed E-state index contributed by atoms with van der Waals surface area (Å²) in [6.07, 6.45) is -2.97. The van der Waals surface area contributed by atoms with Crippen LogP contribution >= 0.6 is 11.3 Å². The van der Waals surface area contributed by atoms with Crippen molar-refractivity contribution in [3.63, 3.8) is 0 Å². The Hall–Kier alpha value is -2.06. The number of carbonyl (C=O) groups is 1. The number of carbonyl (C=O) groups excluding carboxylic acids is 1. The second kappa shape index (κ2) is 8.09. The summed E-state index contributed by atoms with van der Waals surface area (Å²) in [5.41, 5.74) is 1.62. The van der Waals surface area contributed by atoms with Crippen molar-refractivity contribution in [3.8, 4) is 5.75 Å². The molecule has 1 amide bonds. The quantitative estimate of drug-likeness (QED) is 0.846. The van der Waals surface area contributed by atoms with Crippen LogP contribution in [0.25, 0.3) is 0 Å². The zero-order valence-corrected chi connectivity index (χ0v) is 14.8. The van der Waals surface area contributed by atoms with Gasteiger partial charge in [0.05, 0.1) is 0 Å². The van der Waals surface area contributed by atoms with Gasteiger partial charge in [0.1, 0.15) is 5.75 Å². The van der Waals surface area contributed by atoms with E-state index in [0.29, 0.717) is 12.1 Å². The van der Waals surface area contributed by atoms with Crippen molar-refractivity contribution in [2.75, 3.05) is 13.1 Å². The molecular weight excluding hydrogens is 365 g/mol. The predicted octanol–water partition coefficient (Wildman–Crippen LogP) is 4.04. The van der Waals surface area contributed by atoms with E-state index in [1.165, 1.54) is 23.5 Å². The standard InChI is InChI=1S/C18H19F3N2O2S/c19-18(20,21)25-16-3-1-13(2-4-16)11-23-8-5-15(6-9-23)22-17(24)14-7-10-26-12-14/h1-4,7,10,12,15H,5-6,8-9,11H2,(H,22,24). The predicted molar refractivity (Wildman–Crippen MR) is 93.2 cm³/mol. The third-order valence-electron chi connectivity index (χ3n) is 4.27. The van der Waals surface area contributed by atoms with E-state index in [-0.39, 0.29) is 17.7 Å². The minimum Gasteiger partial charge on any atom is -0.406 e. The Morgan fingerprint density at radius 3 is 2.46 bits per heavy atom. The number of nitrogens with zero attached hydrogens (tertiary/aromatic N) is 1. The van der Waals surface area contributed by atoms with E-state index in [4.69, 9.17) is 0 Å². The molecule has 8 heteroatoms. The molecule has 2 aromatic rings. The maximum absolute atomic E-state index is 12.2. The van der Waals surface area contributed by atoms with Crippen LogP contribution in [0.1, 0.15) is 28.8 Å². The molecule has 0 atom stereocenters. The fourth-order valence-electron chi connectivity index (χ4n) is 2.95. The summed E-state index contributed by atoms with van der Waals surface area (Å²) >= 11 is 1.50. The summed E-state index contributed by atoms with van der Waals surface area (Å²) in [4.78, 5) is 14.3. The van der Waals surface area contributed by atoms with Crippen LogP contribution in [0, 0.1) is 0 Å². The van der Waals surface area contributed by atoms with Gasteiger partial charge in [0.15, 0.2) is 0 Å². The van der Waals surface area contributed by atoms with Crippen molar-refractivity contribution in [2.45, 2.75) is 31.8 Å². The molecule has 0 unspecified atom stereocenters. The highest BCUT2D eigenvalue weighted by atomic mass is 32.1. The number of piperidine rings is 1. The first kappa shape index (κ1) is 18.7. The van der Waals surface area contributed by atoms with Gasteiger partial charge >= 0.3 is 6.36 Å². The maximum Gasteiger partial charge on any atom is 0.573 e. The fraction of sp³-hybridized carbons (Fsp3) is 0.389. The number of hydrogen-bond donors (Lipinski definition) is 1. The molecule has 1 aliphatic rings. The molecule has 2 heterocycles. The second-order valence-corrected chi connectivity index (χ2v) is 7.01.